The summed E-state index contributed by atoms with van der Waals surface area (Å²) >= 11 is 0. The summed E-state index contributed by atoms with van der Waals surface area (Å²) in [4.78, 5) is 23.7. The first-order valence-electron chi connectivity index (χ1n) is 6.79. The van der Waals surface area contributed by atoms with E-state index in [1.807, 2.05) is 0 Å². The molecule has 0 unspecified atom stereocenters. The van der Waals surface area contributed by atoms with E-state index in [1.165, 1.54) is 0 Å². The van der Waals surface area contributed by atoms with Crippen molar-refractivity contribution in [3.8, 4) is 0 Å². The van der Waals surface area contributed by atoms with E-state index in [-0.39, 0.29) is 24.7 Å². The summed E-state index contributed by atoms with van der Waals surface area (Å²) < 4.78 is 9.97. The molecule has 2 heterocycles. The number of rotatable bonds is 4. The van der Waals surface area contributed by atoms with E-state index in [0.717, 1.165) is 11.1 Å². The Labute approximate surface area is 127 Å². The van der Waals surface area contributed by atoms with Gasteiger partial charge < -0.3 is 9.05 Å². The van der Waals surface area contributed by atoms with Gasteiger partial charge in [0.05, 0.1) is 24.2 Å². The molecule has 118 valence electrons. The van der Waals surface area contributed by atoms with Gasteiger partial charge >= 0.3 is 0 Å². The number of carbonyl (C=O) groups excluding carboxylic acids is 2. The van der Waals surface area contributed by atoms with Crippen molar-refractivity contribution >= 4 is 11.8 Å². The minimum absolute atomic E-state index is 0.0900. The van der Waals surface area contributed by atoms with Crippen molar-refractivity contribution in [2.24, 2.45) is 0 Å². The minimum atomic E-state index is -0.346. The summed E-state index contributed by atoms with van der Waals surface area (Å²) in [6, 6.07) is 0. The van der Waals surface area contributed by atoms with Gasteiger partial charge in [0, 0.05) is 11.1 Å². The van der Waals surface area contributed by atoms with Crippen LogP contribution >= 0.6 is 0 Å². The molecular weight excluding hydrogens is 288 g/mol. The van der Waals surface area contributed by atoms with Crippen LogP contribution in [0.5, 0.6) is 0 Å². The molecule has 0 aromatic carbocycles. The number of aromatic nitrogens is 2. The first-order chi connectivity index (χ1) is 10.4. The predicted molar refractivity (Wildman–Crippen MR) is 75.6 cm³/mol. The number of hydrazine groups is 1. The molecule has 0 aliphatic heterocycles. The molecule has 8 nitrogen and oxygen atoms in total. The van der Waals surface area contributed by atoms with E-state index in [0.29, 0.717) is 22.9 Å². The predicted octanol–water partition coefficient (Wildman–Crippen LogP) is 0.829. The van der Waals surface area contributed by atoms with Gasteiger partial charge in [-0.05, 0) is 27.7 Å². The largest absolute Gasteiger partial charge is 0.361 e. The summed E-state index contributed by atoms with van der Waals surface area (Å²) in [6.45, 7) is 6.99. The molecule has 0 aliphatic rings. The lowest BCUT2D eigenvalue weighted by Gasteiger charge is -2.07. The highest BCUT2D eigenvalue weighted by Gasteiger charge is 2.16. The van der Waals surface area contributed by atoms with Crippen LogP contribution in [0.2, 0.25) is 0 Å². The first-order valence-corrected chi connectivity index (χ1v) is 6.79. The maximum Gasteiger partial charge on any atom is 0.243 e. The lowest BCUT2D eigenvalue weighted by molar-refractivity contribution is -0.128. The second-order valence-electron chi connectivity index (χ2n) is 5.06. The molecule has 0 atom stereocenters. The van der Waals surface area contributed by atoms with Crippen molar-refractivity contribution in [3.63, 3.8) is 0 Å². The topological polar surface area (TPSA) is 110 Å². The fourth-order valence-electron chi connectivity index (χ4n) is 2.06. The zero-order chi connectivity index (χ0) is 16.3. The number of nitrogens with one attached hydrogen (secondary N) is 2. The molecule has 2 amide bonds. The highest BCUT2D eigenvalue weighted by atomic mass is 16.5. The van der Waals surface area contributed by atoms with E-state index in [4.69, 9.17) is 9.05 Å². The van der Waals surface area contributed by atoms with Crippen molar-refractivity contribution in [3.05, 3.63) is 34.0 Å². The molecule has 2 N–H and O–H groups in total. The average Bonchev–Trinajstić information content (AvgIpc) is 2.95. The van der Waals surface area contributed by atoms with Gasteiger partial charge in [0.1, 0.15) is 11.5 Å². The van der Waals surface area contributed by atoms with Crippen LogP contribution in [0.25, 0.3) is 0 Å². The van der Waals surface area contributed by atoms with Crippen LogP contribution in [0.15, 0.2) is 9.05 Å². The highest BCUT2D eigenvalue weighted by molar-refractivity contribution is 5.84. The Kier molecular flexibility index (Phi) is 4.59. The molecule has 22 heavy (non-hydrogen) atoms. The summed E-state index contributed by atoms with van der Waals surface area (Å²) in [6.07, 6.45) is 0.180. The molecule has 8 heteroatoms. The molecular formula is C14H18N4O4. The van der Waals surface area contributed by atoms with Gasteiger partial charge in [0.25, 0.3) is 0 Å². The standard InChI is InChI=1S/C14H18N4O4/c1-7-11(9(3)21-17-7)5-13(19)15-16-14(20)6-12-8(2)18-22-10(12)4/h5-6H2,1-4H3,(H,15,19)(H,16,20). The number of carbonyl (C=O) groups is 2. The van der Waals surface area contributed by atoms with E-state index >= 15 is 0 Å². The highest BCUT2D eigenvalue weighted by Crippen LogP contribution is 2.13. The van der Waals surface area contributed by atoms with Gasteiger partial charge in [-0.15, -0.1) is 0 Å². The molecule has 0 fully saturated rings. The first kappa shape index (κ1) is 15.7. The van der Waals surface area contributed by atoms with Gasteiger partial charge in [0.15, 0.2) is 0 Å². The van der Waals surface area contributed by atoms with Crippen LogP contribution in [0, 0.1) is 27.7 Å². The number of amides is 2. The Bertz CT molecular complexity index is 603. The fourth-order valence-corrected chi connectivity index (χ4v) is 2.06. The third-order valence-corrected chi connectivity index (χ3v) is 3.38. The van der Waals surface area contributed by atoms with Crippen LogP contribution in [0.4, 0.5) is 0 Å². The second-order valence-corrected chi connectivity index (χ2v) is 5.06. The molecule has 2 aromatic rings. The van der Waals surface area contributed by atoms with Gasteiger partial charge in [-0.2, -0.15) is 0 Å². The van der Waals surface area contributed by atoms with Crippen LogP contribution in [-0.4, -0.2) is 22.1 Å². The Balaban J connectivity index is 1.85. The van der Waals surface area contributed by atoms with E-state index in [1.54, 1.807) is 27.7 Å². The van der Waals surface area contributed by atoms with Crippen LogP contribution in [0.3, 0.4) is 0 Å². The molecule has 0 saturated carbocycles. The summed E-state index contributed by atoms with van der Waals surface area (Å²) in [5.41, 5.74) is 7.50. The van der Waals surface area contributed by atoms with Gasteiger partial charge in [-0.25, -0.2) is 0 Å². The third kappa shape index (κ3) is 3.51. The molecule has 0 radical (unpaired) electrons. The number of nitrogens with zero attached hydrogens (tertiary/aromatic N) is 2. The average molecular weight is 306 g/mol. The molecule has 2 rings (SSSR count). The Morgan fingerprint density at radius 3 is 1.45 bits per heavy atom. The lowest BCUT2D eigenvalue weighted by atomic mass is 10.1. The van der Waals surface area contributed by atoms with Crippen molar-refractivity contribution in [2.45, 2.75) is 40.5 Å². The van der Waals surface area contributed by atoms with Crippen LogP contribution in [-0.2, 0) is 22.4 Å². The van der Waals surface area contributed by atoms with Crippen molar-refractivity contribution < 1.29 is 18.6 Å². The fraction of sp³-hybridized carbons (Fsp3) is 0.429. The Hall–Kier alpha value is -2.64. The minimum Gasteiger partial charge on any atom is -0.361 e. The molecule has 0 saturated heterocycles. The lowest BCUT2D eigenvalue weighted by Crippen LogP contribution is -2.43. The SMILES string of the molecule is Cc1noc(C)c1CC(=O)NNC(=O)Cc1c(C)noc1C. The molecule has 0 aliphatic carbocycles. The van der Waals surface area contributed by atoms with Gasteiger partial charge in [0.2, 0.25) is 11.8 Å². The maximum absolute atomic E-state index is 11.8. The number of aryl methyl sites for hydroxylation is 4. The second kappa shape index (κ2) is 6.42. The summed E-state index contributed by atoms with van der Waals surface area (Å²) in [5, 5.41) is 7.55. The Morgan fingerprint density at radius 2 is 1.18 bits per heavy atom. The zero-order valence-electron chi connectivity index (χ0n) is 12.9. The monoisotopic (exact) mass is 306 g/mol. The zero-order valence-corrected chi connectivity index (χ0v) is 12.9. The molecule has 2 aromatic heterocycles. The Morgan fingerprint density at radius 1 is 0.818 bits per heavy atom. The number of hydrogen-bond acceptors (Lipinski definition) is 6. The third-order valence-electron chi connectivity index (χ3n) is 3.38. The molecule has 0 spiro atoms. The van der Waals surface area contributed by atoms with Crippen molar-refractivity contribution in [2.75, 3.05) is 0 Å². The number of hydrogen-bond donors (Lipinski definition) is 2. The van der Waals surface area contributed by atoms with Crippen LogP contribution in [0.1, 0.15) is 34.0 Å². The van der Waals surface area contributed by atoms with Gasteiger partial charge in [-0.3, -0.25) is 20.4 Å². The van der Waals surface area contributed by atoms with Gasteiger partial charge in [-0.1, -0.05) is 10.3 Å². The van der Waals surface area contributed by atoms with Crippen molar-refractivity contribution in [1.29, 1.82) is 0 Å². The van der Waals surface area contributed by atoms with E-state index < -0.39 is 0 Å². The summed E-state index contributed by atoms with van der Waals surface area (Å²) in [5.74, 6) is 0.493. The normalized spacial score (nSPS) is 10.5. The van der Waals surface area contributed by atoms with Crippen molar-refractivity contribution in [1.82, 2.24) is 21.2 Å². The smallest absolute Gasteiger partial charge is 0.243 e. The van der Waals surface area contributed by atoms with Crippen LogP contribution < -0.4 is 10.9 Å². The van der Waals surface area contributed by atoms with E-state index in [9.17, 15) is 9.59 Å². The van der Waals surface area contributed by atoms with E-state index in [2.05, 4.69) is 21.2 Å². The molecule has 0 bridgehead atoms. The maximum atomic E-state index is 11.8. The summed E-state index contributed by atoms with van der Waals surface area (Å²) in [7, 11) is 0. The quantitative estimate of drug-likeness (QED) is 0.809.